The molecular weight excluding hydrogens is 412 g/mol. The lowest BCUT2D eigenvalue weighted by molar-refractivity contribution is -0.121. The number of carbonyl (C=O) groups excluding carboxylic acids is 1. The van der Waals surface area contributed by atoms with E-state index in [1.165, 1.54) is 11.4 Å². The molecule has 0 atom stereocenters. The molecule has 2 aromatic carbocycles. The molecule has 0 saturated heterocycles. The van der Waals surface area contributed by atoms with Gasteiger partial charge in [-0.15, -0.1) is 0 Å². The Morgan fingerprint density at radius 2 is 1.81 bits per heavy atom. The van der Waals surface area contributed by atoms with Gasteiger partial charge in [0.2, 0.25) is 15.9 Å². The summed E-state index contributed by atoms with van der Waals surface area (Å²) in [5, 5.41) is 2.89. The fourth-order valence-electron chi connectivity index (χ4n) is 4.08. The fraction of sp³-hybridized carbons (Fsp3) is 0.458. The van der Waals surface area contributed by atoms with Crippen molar-refractivity contribution in [2.75, 3.05) is 20.2 Å². The van der Waals surface area contributed by atoms with Crippen molar-refractivity contribution in [2.24, 2.45) is 0 Å². The van der Waals surface area contributed by atoms with E-state index in [4.69, 9.17) is 4.74 Å². The Balaban J connectivity index is 1.78. The number of hydrogen-bond donors (Lipinski definition) is 1. The maximum absolute atomic E-state index is 13.7. The third kappa shape index (κ3) is 6.08. The second-order valence-corrected chi connectivity index (χ2v) is 9.94. The second-order valence-electron chi connectivity index (χ2n) is 8.08. The Morgan fingerprint density at radius 1 is 1.10 bits per heavy atom. The van der Waals surface area contributed by atoms with Gasteiger partial charge in [-0.1, -0.05) is 55.7 Å². The van der Waals surface area contributed by atoms with Crippen LogP contribution in [-0.4, -0.2) is 44.9 Å². The molecule has 1 amide bonds. The van der Waals surface area contributed by atoms with Crippen LogP contribution in [0.25, 0.3) is 0 Å². The van der Waals surface area contributed by atoms with Crippen LogP contribution >= 0.6 is 0 Å². The summed E-state index contributed by atoms with van der Waals surface area (Å²) in [4.78, 5) is 12.9. The minimum absolute atomic E-state index is 0.123. The van der Waals surface area contributed by atoms with E-state index in [1.807, 2.05) is 43.3 Å². The van der Waals surface area contributed by atoms with Crippen molar-refractivity contribution in [1.82, 2.24) is 9.62 Å². The lowest BCUT2D eigenvalue weighted by Gasteiger charge is -2.33. The minimum Gasteiger partial charge on any atom is -0.495 e. The lowest BCUT2D eigenvalue weighted by Crippen LogP contribution is -2.47. The van der Waals surface area contributed by atoms with Gasteiger partial charge in [0.1, 0.15) is 10.6 Å². The van der Waals surface area contributed by atoms with Gasteiger partial charge in [0.15, 0.2) is 0 Å². The molecule has 2 aromatic rings. The van der Waals surface area contributed by atoms with E-state index in [9.17, 15) is 13.2 Å². The predicted octanol–water partition coefficient (Wildman–Crippen LogP) is 3.69. The first kappa shape index (κ1) is 23.3. The molecule has 0 spiro atoms. The van der Waals surface area contributed by atoms with Gasteiger partial charge >= 0.3 is 0 Å². The van der Waals surface area contributed by atoms with E-state index >= 15 is 0 Å². The van der Waals surface area contributed by atoms with Crippen molar-refractivity contribution in [3.63, 3.8) is 0 Å². The Kier molecular flexibility index (Phi) is 8.09. The summed E-state index contributed by atoms with van der Waals surface area (Å²) >= 11 is 0. The van der Waals surface area contributed by atoms with Crippen LogP contribution in [0.4, 0.5) is 0 Å². The van der Waals surface area contributed by atoms with Crippen LogP contribution in [0.15, 0.2) is 53.4 Å². The van der Waals surface area contributed by atoms with Gasteiger partial charge in [-0.25, -0.2) is 8.42 Å². The number of hydrogen-bond acceptors (Lipinski definition) is 4. The summed E-state index contributed by atoms with van der Waals surface area (Å²) in [6.07, 6.45) is 5.28. The average molecular weight is 445 g/mol. The number of amides is 1. The SMILES string of the molecule is COc1ccc(C)cc1S(=O)(=O)N(CC(=O)NCCc1ccccc1)C1CCCCC1. The maximum Gasteiger partial charge on any atom is 0.247 e. The van der Waals surface area contributed by atoms with Crippen LogP contribution in [0, 0.1) is 6.92 Å². The largest absolute Gasteiger partial charge is 0.495 e. The molecular formula is C24H32N2O4S. The monoisotopic (exact) mass is 444 g/mol. The first-order chi connectivity index (χ1) is 14.9. The minimum atomic E-state index is -3.89. The van der Waals surface area contributed by atoms with Crippen LogP contribution in [0.3, 0.4) is 0 Å². The number of nitrogens with zero attached hydrogens (tertiary/aromatic N) is 1. The van der Waals surface area contributed by atoms with E-state index in [0.717, 1.165) is 43.2 Å². The highest BCUT2D eigenvalue weighted by molar-refractivity contribution is 7.89. The topological polar surface area (TPSA) is 75.7 Å². The molecule has 31 heavy (non-hydrogen) atoms. The Morgan fingerprint density at radius 3 is 2.48 bits per heavy atom. The number of rotatable bonds is 9. The zero-order chi connectivity index (χ0) is 22.3. The Bertz CT molecular complexity index is 970. The van der Waals surface area contributed by atoms with Gasteiger partial charge in [-0.2, -0.15) is 4.31 Å². The van der Waals surface area contributed by atoms with Crippen molar-refractivity contribution in [2.45, 2.75) is 56.4 Å². The Hall–Kier alpha value is -2.38. The van der Waals surface area contributed by atoms with E-state index < -0.39 is 10.0 Å². The second kappa shape index (κ2) is 10.8. The van der Waals surface area contributed by atoms with Crippen LogP contribution in [0.1, 0.15) is 43.2 Å². The highest BCUT2D eigenvalue weighted by atomic mass is 32.2. The van der Waals surface area contributed by atoms with Gasteiger partial charge in [0, 0.05) is 12.6 Å². The van der Waals surface area contributed by atoms with Crippen molar-refractivity contribution >= 4 is 15.9 Å². The molecule has 6 nitrogen and oxygen atoms in total. The van der Waals surface area contributed by atoms with Gasteiger partial charge in [0.25, 0.3) is 0 Å². The number of sulfonamides is 1. The molecule has 3 rings (SSSR count). The summed E-state index contributed by atoms with van der Waals surface area (Å²) in [6.45, 7) is 2.13. The standard InChI is InChI=1S/C24H32N2O4S/c1-19-13-14-22(30-2)23(17-19)31(28,29)26(21-11-7-4-8-12-21)18-24(27)25-16-15-20-9-5-3-6-10-20/h3,5-6,9-10,13-14,17,21H,4,7-8,11-12,15-16,18H2,1-2H3,(H,25,27). The predicted molar refractivity (Wildman–Crippen MR) is 122 cm³/mol. The molecule has 1 saturated carbocycles. The number of nitrogens with one attached hydrogen (secondary N) is 1. The number of ether oxygens (including phenoxy) is 1. The van der Waals surface area contributed by atoms with Crippen LogP contribution < -0.4 is 10.1 Å². The molecule has 1 fully saturated rings. The van der Waals surface area contributed by atoms with E-state index in [-0.39, 0.29) is 23.4 Å². The number of carbonyl (C=O) groups is 1. The van der Waals surface area contributed by atoms with E-state index in [0.29, 0.717) is 18.7 Å². The van der Waals surface area contributed by atoms with E-state index in [1.54, 1.807) is 12.1 Å². The van der Waals surface area contributed by atoms with Crippen molar-refractivity contribution in [3.05, 3.63) is 59.7 Å². The van der Waals surface area contributed by atoms with Crippen LogP contribution in [-0.2, 0) is 21.2 Å². The quantitative estimate of drug-likeness (QED) is 0.640. The molecule has 0 bridgehead atoms. The molecule has 1 aliphatic carbocycles. The summed E-state index contributed by atoms with van der Waals surface area (Å²) in [6, 6.07) is 14.8. The van der Waals surface area contributed by atoms with Crippen LogP contribution in [0.2, 0.25) is 0 Å². The zero-order valence-corrected chi connectivity index (χ0v) is 19.2. The van der Waals surface area contributed by atoms with Gasteiger partial charge in [-0.05, 0) is 49.4 Å². The molecule has 168 valence electrons. The molecule has 0 radical (unpaired) electrons. The molecule has 1 aliphatic rings. The van der Waals surface area contributed by atoms with Gasteiger partial charge in [-0.3, -0.25) is 4.79 Å². The molecule has 0 aliphatic heterocycles. The van der Waals surface area contributed by atoms with Gasteiger partial charge < -0.3 is 10.1 Å². The zero-order valence-electron chi connectivity index (χ0n) is 18.3. The summed E-state index contributed by atoms with van der Waals surface area (Å²) in [5.41, 5.74) is 1.96. The smallest absolute Gasteiger partial charge is 0.247 e. The third-order valence-corrected chi connectivity index (χ3v) is 7.69. The third-order valence-electron chi connectivity index (χ3n) is 5.77. The lowest BCUT2D eigenvalue weighted by atomic mass is 9.95. The highest BCUT2D eigenvalue weighted by Crippen LogP contribution is 2.32. The van der Waals surface area contributed by atoms with E-state index in [2.05, 4.69) is 5.32 Å². The number of benzene rings is 2. The molecule has 0 unspecified atom stereocenters. The Labute approximate surface area is 185 Å². The van der Waals surface area contributed by atoms with Crippen molar-refractivity contribution in [1.29, 1.82) is 0 Å². The van der Waals surface area contributed by atoms with Crippen molar-refractivity contribution in [3.8, 4) is 5.75 Å². The van der Waals surface area contributed by atoms with Gasteiger partial charge in [0.05, 0.1) is 13.7 Å². The molecule has 1 N–H and O–H groups in total. The first-order valence-electron chi connectivity index (χ1n) is 10.9. The maximum atomic E-state index is 13.7. The highest BCUT2D eigenvalue weighted by Gasteiger charge is 2.35. The van der Waals surface area contributed by atoms with Crippen LogP contribution in [0.5, 0.6) is 5.75 Å². The first-order valence-corrected chi connectivity index (χ1v) is 12.3. The number of aryl methyl sites for hydroxylation is 1. The summed E-state index contributed by atoms with van der Waals surface area (Å²) in [5.74, 6) is 0.0209. The summed E-state index contributed by atoms with van der Waals surface area (Å²) < 4.78 is 34.0. The fourth-order valence-corrected chi connectivity index (χ4v) is 5.96. The summed E-state index contributed by atoms with van der Waals surface area (Å²) in [7, 11) is -2.43. The van der Waals surface area contributed by atoms with Crippen molar-refractivity contribution < 1.29 is 17.9 Å². The molecule has 7 heteroatoms. The number of methoxy groups -OCH3 is 1. The molecule has 0 aromatic heterocycles. The molecule has 0 heterocycles. The average Bonchev–Trinajstić information content (AvgIpc) is 2.78. The normalized spacial score (nSPS) is 15.1.